The van der Waals surface area contributed by atoms with E-state index in [0.29, 0.717) is 5.75 Å². The second-order valence-electron chi connectivity index (χ2n) is 2.11. The van der Waals surface area contributed by atoms with E-state index < -0.39 is 5.97 Å². The Labute approximate surface area is 81.2 Å². The average Bonchev–Trinajstić information content (AvgIpc) is 2.39. The minimum Gasteiger partial charge on any atom is -1.00 e. The highest BCUT2D eigenvalue weighted by Crippen LogP contribution is 2.06. The molecule has 0 saturated carbocycles. The van der Waals surface area contributed by atoms with Crippen LogP contribution in [0.3, 0.4) is 0 Å². The largest absolute Gasteiger partial charge is 1.00 e. The number of carboxylic acids is 1. The molecule has 1 heterocycles. The number of rotatable bonds is 3. The van der Waals surface area contributed by atoms with Crippen LogP contribution in [0.5, 0.6) is 0 Å². The summed E-state index contributed by atoms with van der Waals surface area (Å²) in [5, 5.41) is 12.2. The molecule has 0 fully saturated rings. The predicted molar refractivity (Wildman–Crippen MR) is 45.0 cm³/mol. The molecular formula is C6H10ClN2O2S-. The minimum absolute atomic E-state index is 0. The van der Waals surface area contributed by atoms with Crippen LogP contribution in [0.1, 0.15) is 6.42 Å². The molecule has 0 amide bonds. The van der Waals surface area contributed by atoms with Gasteiger partial charge in [-0.25, -0.2) is 0 Å². The lowest BCUT2D eigenvalue weighted by Crippen LogP contribution is -3.00. The number of amidine groups is 1. The number of carboxylic acid groups (broad SMARTS) is 1. The topological polar surface area (TPSA) is 61.7 Å². The molecule has 1 rings (SSSR count). The van der Waals surface area contributed by atoms with Crippen molar-refractivity contribution >= 4 is 22.9 Å². The molecule has 0 aromatic rings. The lowest BCUT2D eigenvalue weighted by Gasteiger charge is -1.98. The summed E-state index contributed by atoms with van der Waals surface area (Å²) in [6.07, 6.45) is 0.200. The van der Waals surface area contributed by atoms with Gasteiger partial charge in [-0.2, -0.15) is 0 Å². The monoisotopic (exact) mass is 209 g/mol. The fraction of sp³-hybridized carbons (Fsp3) is 0.667. The van der Waals surface area contributed by atoms with Crippen LogP contribution in [0.4, 0.5) is 0 Å². The summed E-state index contributed by atoms with van der Waals surface area (Å²) >= 11 is 1.47. The van der Waals surface area contributed by atoms with E-state index >= 15 is 0 Å². The summed E-state index contributed by atoms with van der Waals surface area (Å²) in [5.41, 5.74) is 0. The summed E-state index contributed by atoms with van der Waals surface area (Å²) in [4.78, 5) is 14.2. The van der Waals surface area contributed by atoms with Crippen LogP contribution in [0, 0.1) is 0 Å². The molecule has 2 N–H and O–H groups in total. The first-order valence-electron chi connectivity index (χ1n) is 3.42. The van der Waals surface area contributed by atoms with Gasteiger partial charge in [0.05, 0.1) is 13.0 Å². The molecule has 70 valence electrons. The molecular weight excluding hydrogens is 200 g/mol. The molecule has 0 spiro atoms. The van der Waals surface area contributed by atoms with Crippen LogP contribution < -0.4 is 17.7 Å². The maximum absolute atomic E-state index is 10.1. The van der Waals surface area contributed by atoms with E-state index in [-0.39, 0.29) is 18.8 Å². The van der Waals surface area contributed by atoms with Crippen molar-refractivity contribution in [3.63, 3.8) is 0 Å². The second kappa shape index (κ2) is 6.14. The lowest BCUT2D eigenvalue weighted by molar-refractivity contribution is -0.136. The van der Waals surface area contributed by atoms with Gasteiger partial charge < -0.3 is 22.8 Å². The third-order valence-corrected chi connectivity index (χ3v) is 2.15. The lowest BCUT2D eigenvalue weighted by atomic mass is 10.5. The highest BCUT2D eigenvalue weighted by atomic mass is 35.5. The van der Waals surface area contributed by atoms with Crippen LogP contribution in [0.2, 0.25) is 0 Å². The second-order valence-corrected chi connectivity index (χ2v) is 3.19. The van der Waals surface area contributed by atoms with Gasteiger partial charge in [-0.05, 0) is 0 Å². The van der Waals surface area contributed by atoms with Crippen molar-refractivity contribution in [3.8, 4) is 0 Å². The third kappa shape index (κ3) is 4.46. The molecule has 6 heteroatoms. The van der Waals surface area contributed by atoms with Gasteiger partial charge in [-0.15, -0.1) is 0 Å². The van der Waals surface area contributed by atoms with E-state index in [0.717, 1.165) is 18.3 Å². The Balaban J connectivity index is 0.00000121. The van der Waals surface area contributed by atoms with Gasteiger partial charge in [0, 0.05) is 12.3 Å². The number of hydrogen-bond acceptors (Lipinski definition) is 4. The first-order valence-corrected chi connectivity index (χ1v) is 4.40. The van der Waals surface area contributed by atoms with Gasteiger partial charge >= 0.3 is 5.97 Å². The molecule has 0 bridgehead atoms. The number of hydrogen-bond donors (Lipinski definition) is 2. The molecule has 12 heavy (non-hydrogen) atoms. The molecule has 4 nitrogen and oxygen atoms in total. The maximum atomic E-state index is 10.1. The van der Waals surface area contributed by atoms with Crippen molar-refractivity contribution in [1.29, 1.82) is 0 Å². The van der Waals surface area contributed by atoms with E-state index in [1.54, 1.807) is 0 Å². The van der Waals surface area contributed by atoms with E-state index in [1.165, 1.54) is 11.8 Å². The van der Waals surface area contributed by atoms with Crippen molar-refractivity contribution in [2.45, 2.75) is 6.42 Å². The Morgan fingerprint density at radius 2 is 2.50 bits per heavy atom. The number of nitrogens with zero attached hydrogens (tertiary/aromatic N) is 1. The zero-order valence-corrected chi connectivity index (χ0v) is 7.99. The molecule has 0 aliphatic carbocycles. The molecule has 0 atom stereocenters. The van der Waals surface area contributed by atoms with Crippen LogP contribution in [-0.2, 0) is 4.79 Å². The van der Waals surface area contributed by atoms with Crippen molar-refractivity contribution in [3.05, 3.63) is 0 Å². The number of thioether (sulfide) groups is 1. The van der Waals surface area contributed by atoms with Crippen LogP contribution in [0.15, 0.2) is 4.99 Å². The Hall–Kier alpha value is -0.420. The maximum Gasteiger partial charge on any atom is 0.304 e. The van der Waals surface area contributed by atoms with Gasteiger partial charge in [0.15, 0.2) is 5.17 Å². The van der Waals surface area contributed by atoms with Crippen molar-refractivity contribution in [2.75, 3.05) is 18.8 Å². The zero-order valence-electron chi connectivity index (χ0n) is 6.42. The third-order valence-electron chi connectivity index (χ3n) is 1.20. The van der Waals surface area contributed by atoms with Crippen LogP contribution >= 0.6 is 11.8 Å². The zero-order chi connectivity index (χ0) is 8.10. The smallest absolute Gasteiger partial charge is 0.304 e. The summed E-state index contributed by atoms with van der Waals surface area (Å²) < 4.78 is 0. The highest BCUT2D eigenvalue weighted by Gasteiger charge is 2.05. The summed E-state index contributed by atoms with van der Waals surface area (Å²) in [6.45, 7) is 1.70. The van der Waals surface area contributed by atoms with Gasteiger partial charge in [-0.3, -0.25) is 9.79 Å². The Bertz CT molecular complexity index is 186. The first-order chi connectivity index (χ1) is 5.29. The average molecular weight is 210 g/mol. The number of aliphatic imine (C=N–C) groups is 1. The summed E-state index contributed by atoms with van der Waals surface area (Å²) in [6, 6.07) is 0. The number of nitrogens with one attached hydrogen (secondary N) is 1. The fourth-order valence-electron chi connectivity index (χ4n) is 0.708. The van der Waals surface area contributed by atoms with Crippen LogP contribution in [-0.4, -0.2) is 35.1 Å². The minimum atomic E-state index is -0.754. The van der Waals surface area contributed by atoms with Gasteiger partial charge in [-0.1, -0.05) is 11.8 Å². The standard InChI is InChI=1S/C6H10N2O2S.ClH/c9-5(10)1-4-11-6-7-2-3-8-6;/h1-4H2,(H,7,8)(H,9,10);1H/p-1. The van der Waals surface area contributed by atoms with Gasteiger partial charge in [0.25, 0.3) is 0 Å². The number of aliphatic carboxylic acids is 1. The Morgan fingerprint density at radius 1 is 1.75 bits per heavy atom. The van der Waals surface area contributed by atoms with Gasteiger partial charge in [0.2, 0.25) is 0 Å². The van der Waals surface area contributed by atoms with E-state index in [2.05, 4.69) is 10.3 Å². The first kappa shape index (κ1) is 11.6. The van der Waals surface area contributed by atoms with E-state index in [9.17, 15) is 4.79 Å². The fourth-order valence-corrected chi connectivity index (χ4v) is 1.56. The van der Waals surface area contributed by atoms with E-state index in [4.69, 9.17) is 5.11 Å². The normalized spacial score (nSPS) is 14.5. The molecule has 1 aliphatic heterocycles. The molecule has 0 radical (unpaired) electrons. The summed E-state index contributed by atoms with van der Waals surface area (Å²) in [5.74, 6) is -0.155. The van der Waals surface area contributed by atoms with Gasteiger partial charge in [0.1, 0.15) is 0 Å². The molecule has 1 aliphatic rings. The quantitative estimate of drug-likeness (QED) is 0.526. The van der Waals surface area contributed by atoms with Crippen molar-refractivity contribution in [2.24, 2.45) is 4.99 Å². The Kier molecular flexibility index (Phi) is 5.92. The van der Waals surface area contributed by atoms with E-state index in [1.807, 2.05) is 0 Å². The highest BCUT2D eigenvalue weighted by molar-refractivity contribution is 8.13. The molecule has 0 aromatic carbocycles. The van der Waals surface area contributed by atoms with Crippen LogP contribution in [0.25, 0.3) is 0 Å². The summed E-state index contributed by atoms with van der Waals surface area (Å²) in [7, 11) is 0. The molecule has 0 aromatic heterocycles. The SMILES string of the molecule is O=C(O)CCSC1=NCCN1.[Cl-]. The van der Waals surface area contributed by atoms with Crippen molar-refractivity contribution in [1.82, 2.24) is 5.32 Å². The Morgan fingerprint density at radius 3 is 3.00 bits per heavy atom. The molecule has 0 unspecified atom stereocenters. The molecule has 0 saturated heterocycles. The van der Waals surface area contributed by atoms with Crippen molar-refractivity contribution < 1.29 is 22.3 Å². The number of carbonyl (C=O) groups is 1. The predicted octanol–water partition coefficient (Wildman–Crippen LogP) is -2.84. The number of halogens is 1.